The van der Waals surface area contributed by atoms with E-state index >= 15 is 0 Å². The molecule has 0 saturated heterocycles. The molecule has 152 valence electrons. The summed E-state index contributed by atoms with van der Waals surface area (Å²) in [6.45, 7) is 0. The van der Waals surface area contributed by atoms with E-state index in [9.17, 15) is 4.79 Å². The van der Waals surface area contributed by atoms with Gasteiger partial charge >= 0.3 is 0 Å². The summed E-state index contributed by atoms with van der Waals surface area (Å²) in [5.41, 5.74) is 3.16. The number of nitrogens with zero attached hydrogens (tertiary/aromatic N) is 2. The van der Waals surface area contributed by atoms with Gasteiger partial charge in [0.05, 0.1) is 12.8 Å². The highest BCUT2D eigenvalue weighted by Crippen LogP contribution is 2.26. The van der Waals surface area contributed by atoms with Gasteiger partial charge in [-0.2, -0.15) is 0 Å². The lowest BCUT2D eigenvalue weighted by molar-refractivity contribution is -0.113. The van der Waals surface area contributed by atoms with Gasteiger partial charge in [0, 0.05) is 0 Å². The summed E-state index contributed by atoms with van der Waals surface area (Å²) >= 11 is 0. The molecule has 31 heavy (non-hydrogen) atoms. The fourth-order valence-corrected chi connectivity index (χ4v) is 3.20. The van der Waals surface area contributed by atoms with Crippen molar-refractivity contribution in [2.45, 2.75) is 0 Å². The molecule has 1 heterocycles. The highest BCUT2D eigenvalue weighted by molar-refractivity contribution is 6.31. The molecule has 0 fully saturated rings. The molecule has 0 spiro atoms. The fourth-order valence-electron chi connectivity index (χ4n) is 3.20. The number of carbonyl (C=O) groups is 1. The molecule has 0 aromatic heterocycles. The van der Waals surface area contributed by atoms with Crippen LogP contribution in [0.25, 0.3) is 12.2 Å². The van der Waals surface area contributed by atoms with Crippen molar-refractivity contribution in [3.05, 3.63) is 120 Å². The number of para-hydroxylation sites is 1. The third kappa shape index (κ3) is 4.87. The Balaban J connectivity index is 1.63. The van der Waals surface area contributed by atoms with Gasteiger partial charge in [-0.3, -0.25) is 9.69 Å². The van der Waals surface area contributed by atoms with E-state index in [0.29, 0.717) is 11.5 Å². The quantitative estimate of drug-likeness (QED) is 0.386. The summed E-state index contributed by atoms with van der Waals surface area (Å²) in [5.74, 6) is 1.19. The minimum absolute atomic E-state index is 0.159. The molecule has 4 rings (SSSR count). The van der Waals surface area contributed by atoms with E-state index < -0.39 is 0 Å². The molecule has 0 radical (unpaired) electrons. The van der Waals surface area contributed by atoms with E-state index in [0.717, 1.165) is 22.6 Å². The second-order valence-electron chi connectivity index (χ2n) is 6.88. The van der Waals surface area contributed by atoms with Crippen LogP contribution in [0.15, 0.2) is 114 Å². The molecular weight excluding hydrogens is 384 g/mol. The highest BCUT2D eigenvalue weighted by atomic mass is 16.5. The smallest absolute Gasteiger partial charge is 0.282 e. The maximum absolute atomic E-state index is 13.2. The number of rotatable bonds is 6. The number of allylic oxidation sites excluding steroid dienone is 2. The van der Waals surface area contributed by atoms with E-state index in [1.807, 2.05) is 109 Å². The lowest BCUT2D eigenvalue weighted by atomic mass is 10.2. The molecule has 0 atom stereocenters. The van der Waals surface area contributed by atoms with Crippen LogP contribution in [0.3, 0.4) is 0 Å². The van der Waals surface area contributed by atoms with Crippen LogP contribution in [-0.2, 0) is 4.79 Å². The molecule has 4 nitrogen and oxygen atoms in total. The highest BCUT2D eigenvalue weighted by Gasteiger charge is 2.29. The number of amidine groups is 1. The monoisotopic (exact) mass is 406 g/mol. The molecular formula is C27H22N2O2. The summed E-state index contributed by atoms with van der Waals surface area (Å²) in [4.78, 5) is 19.4. The number of hydrogen-bond donors (Lipinski definition) is 0. The van der Waals surface area contributed by atoms with Crippen molar-refractivity contribution in [2.24, 2.45) is 4.99 Å². The van der Waals surface area contributed by atoms with E-state index in [1.54, 1.807) is 18.1 Å². The van der Waals surface area contributed by atoms with Gasteiger partial charge in [0.2, 0.25) is 0 Å². The molecule has 0 aliphatic carbocycles. The van der Waals surface area contributed by atoms with Gasteiger partial charge in [-0.15, -0.1) is 0 Å². The van der Waals surface area contributed by atoms with Crippen molar-refractivity contribution in [1.82, 2.24) is 0 Å². The van der Waals surface area contributed by atoms with Crippen LogP contribution in [0.5, 0.6) is 5.75 Å². The average Bonchev–Trinajstić information content (AvgIpc) is 3.13. The molecule has 0 N–H and O–H groups in total. The van der Waals surface area contributed by atoms with Crippen LogP contribution in [0.1, 0.15) is 11.1 Å². The SMILES string of the molecule is COc1ccc(/C=C2N=C(/C=C/C=C/c3ccccc3)N(c3ccccc3)C\2=O)cc1. The van der Waals surface area contributed by atoms with Gasteiger partial charge in [0.1, 0.15) is 17.3 Å². The van der Waals surface area contributed by atoms with Crippen LogP contribution in [0.2, 0.25) is 0 Å². The number of hydrogen-bond acceptors (Lipinski definition) is 3. The number of anilines is 1. The number of carbonyl (C=O) groups excluding carboxylic acids is 1. The summed E-state index contributed by atoms with van der Waals surface area (Å²) < 4.78 is 5.20. The van der Waals surface area contributed by atoms with Crippen molar-refractivity contribution < 1.29 is 9.53 Å². The Morgan fingerprint density at radius 1 is 0.774 bits per heavy atom. The molecule has 1 aliphatic rings. The Kier molecular flexibility index (Phi) is 6.19. The van der Waals surface area contributed by atoms with Gasteiger partial charge in [0.15, 0.2) is 0 Å². The Morgan fingerprint density at radius 3 is 2.10 bits per heavy atom. The summed E-state index contributed by atoms with van der Waals surface area (Å²) in [6, 6.07) is 27.1. The Hall–Kier alpha value is -4.18. The zero-order chi connectivity index (χ0) is 21.5. The largest absolute Gasteiger partial charge is 0.497 e. The van der Waals surface area contributed by atoms with E-state index in [1.165, 1.54) is 0 Å². The molecule has 1 aliphatic heterocycles. The second kappa shape index (κ2) is 9.55. The number of aliphatic imine (C=N–C) groups is 1. The first-order valence-corrected chi connectivity index (χ1v) is 9.98. The van der Waals surface area contributed by atoms with Crippen LogP contribution in [-0.4, -0.2) is 18.9 Å². The molecule has 3 aromatic rings. The second-order valence-corrected chi connectivity index (χ2v) is 6.88. The molecule has 4 heteroatoms. The fraction of sp³-hybridized carbons (Fsp3) is 0.0370. The zero-order valence-electron chi connectivity index (χ0n) is 17.2. The van der Waals surface area contributed by atoms with Gasteiger partial charge in [-0.1, -0.05) is 78.9 Å². The van der Waals surface area contributed by atoms with Crippen LogP contribution >= 0.6 is 0 Å². The van der Waals surface area contributed by atoms with Crippen molar-refractivity contribution in [2.75, 3.05) is 12.0 Å². The average molecular weight is 406 g/mol. The summed E-state index contributed by atoms with van der Waals surface area (Å²) in [6.07, 6.45) is 9.48. The third-order valence-corrected chi connectivity index (χ3v) is 4.76. The Bertz CT molecular complexity index is 1160. The van der Waals surface area contributed by atoms with Crippen LogP contribution < -0.4 is 9.64 Å². The van der Waals surface area contributed by atoms with Gasteiger partial charge in [-0.05, 0) is 47.5 Å². The van der Waals surface area contributed by atoms with Crippen molar-refractivity contribution in [3.8, 4) is 5.75 Å². The standard InChI is InChI=1S/C27H22N2O2/c1-31-24-18-16-22(17-19-24)20-25-27(30)29(23-13-6-3-7-14-23)26(28-25)15-9-8-12-21-10-4-2-5-11-21/h2-20H,1H3/b12-8+,15-9+,25-20-. The van der Waals surface area contributed by atoms with Gasteiger partial charge in [-0.25, -0.2) is 4.99 Å². The topological polar surface area (TPSA) is 41.9 Å². The summed E-state index contributed by atoms with van der Waals surface area (Å²) in [5, 5.41) is 0. The molecule has 0 saturated carbocycles. The van der Waals surface area contributed by atoms with E-state index in [-0.39, 0.29) is 5.91 Å². The number of ether oxygens (including phenoxy) is 1. The van der Waals surface area contributed by atoms with E-state index in [4.69, 9.17) is 4.74 Å². The molecule has 0 unspecified atom stereocenters. The van der Waals surface area contributed by atoms with Crippen molar-refractivity contribution in [1.29, 1.82) is 0 Å². The maximum atomic E-state index is 13.2. The van der Waals surface area contributed by atoms with Gasteiger partial charge in [0.25, 0.3) is 5.91 Å². The predicted octanol–water partition coefficient (Wildman–Crippen LogP) is 5.75. The lowest BCUT2D eigenvalue weighted by Gasteiger charge is -2.16. The van der Waals surface area contributed by atoms with Crippen LogP contribution in [0.4, 0.5) is 5.69 Å². The number of benzene rings is 3. The van der Waals surface area contributed by atoms with E-state index in [2.05, 4.69) is 4.99 Å². The third-order valence-electron chi connectivity index (χ3n) is 4.76. The molecule has 3 aromatic carbocycles. The molecule has 0 bridgehead atoms. The van der Waals surface area contributed by atoms with Crippen LogP contribution in [0, 0.1) is 0 Å². The van der Waals surface area contributed by atoms with Gasteiger partial charge < -0.3 is 4.74 Å². The lowest BCUT2D eigenvalue weighted by Crippen LogP contribution is -2.30. The number of methoxy groups -OCH3 is 1. The first-order chi connectivity index (χ1) is 15.2. The van der Waals surface area contributed by atoms with Crippen molar-refractivity contribution in [3.63, 3.8) is 0 Å². The minimum Gasteiger partial charge on any atom is -0.497 e. The number of amides is 1. The Labute approximate surface area is 182 Å². The normalized spacial score (nSPS) is 15.3. The summed E-state index contributed by atoms with van der Waals surface area (Å²) in [7, 11) is 1.63. The zero-order valence-corrected chi connectivity index (χ0v) is 17.2. The van der Waals surface area contributed by atoms with Crippen molar-refractivity contribution >= 4 is 29.6 Å². The minimum atomic E-state index is -0.159. The first-order valence-electron chi connectivity index (χ1n) is 9.98. The molecule has 1 amide bonds. The first kappa shape index (κ1) is 20.1. The Morgan fingerprint density at radius 2 is 1.42 bits per heavy atom. The maximum Gasteiger partial charge on any atom is 0.282 e. The predicted molar refractivity (Wildman–Crippen MR) is 127 cm³/mol.